The zero-order chi connectivity index (χ0) is 14.8. The maximum absolute atomic E-state index is 12.8. The topological polar surface area (TPSA) is 46.5 Å². The van der Waals surface area contributed by atoms with Gasteiger partial charge in [0.15, 0.2) is 0 Å². The highest BCUT2D eigenvalue weighted by molar-refractivity contribution is 5.89. The number of hydrogen-bond acceptors (Lipinski definition) is 2. The first kappa shape index (κ1) is 14.7. The zero-order valence-corrected chi connectivity index (χ0v) is 10.7. The molecular formula is C14H15F3O3. The number of halogens is 3. The summed E-state index contributed by atoms with van der Waals surface area (Å²) in [7, 11) is 0. The van der Waals surface area contributed by atoms with Gasteiger partial charge in [0.25, 0.3) is 0 Å². The fraction of sp³-hybridized carbons (Fsp3) is 0.500. The highest BCUT2D eigenvalue weighted by atomic mass is 19.4. The Bertz CT molecular complexity index is 491. The molecule has 0 bridgehead atoms. The van der Waals surface area contributed by atoms with Gasteiger partial charge in [-0.2, -0.15) is 13.2 Å². The van der Waals surface area contributed by atoms with Crippen molar-refractivity contribution in [3.05, 3.63) is 29.3 Å². The Balaban J connectivity index is 2.16. The molecule has 0 radical (unpaired) electrons. The Morgan fingerprint density at radius 1 is 1.30 bits per heavy atom. The van der Waals surface area contributed by atoms with Crippen molar-refractivity contribution in [2.75, 3.05) is 6.61 Å². The summed E-state index contributed by atoms with van der Waals surface area (Å²) in [6, 6.07) is 2.97. The zero-order valence-electron chi connectivity index (χ0n) is 10.7. The molecule has 0 aromatic heterocycles. The second kappa shape index (κ2) is 5.73. The maximum Gasteiger partial charge on any atom is 0.417 e. The average molecular weight is 288 g/mol. The van der Waals surface area contributed by atoms with E-state index in [-0.39, 0.29) is 5.75 Å². The van der Waals surface area contributed by atoms with E-state index in [0.29, 0.717) is 12.5 Å². The predicted molar refractivity (Wildman–Crippen MR) is 65.9 cm³/mol. The maximum atomic E-state index is 12.8. The lowest BCUT2D eigenvalue weighted by Gasteiger charge is -2.15. The number of carbonyl (C=O) groups is 1. The molecule has 0 aliphatic heterocycles. The molecule has 6 heteroatoms. The molecule has 3 nitrogen and oxygen atoms in total. The van der Waals surface area contributed by atoms with E-state index in [4.69, 9.17) is 9.84 Å². The third kappa shape index (κ3) is 3.43. The van der Waals surface area contributed by atoms with Crippen LogP contribution < -0.4 is 4.74 Å². The van der Waals surface area contributed by atoms with Gasteiger partial charge in [-0.25, -0.2) is 4.79 Å². The van der Waals surface area contributed by atoms with Crippen LogP contribution in [0.1, 0.15) is 41.6 Å². The lowest BCUT2D eigenvalue weighted by Crippen LogP contribution is -2.14. The van der Waals surface area contributed by atoms with Crippen LogP contribution in [0.5, 0.6) is 5.75 Å². The summed E-state index contributed by atoms with van der Waals surface area (Å²) in [5, 5.41) is 8.78. The molecule has 20 heavy (non-hydrogen) atoms. The molecular weight excluding hydrogens is 273 g/mol. The molecule has 1 aliphatic carbocycles. The minimum absolute atomic E-state index is 0.0641. The fourth-order valence-corrected chi connectivity index (χ4v) is 2.43. The second-order valence-electron chi connectivity index (χ2n) is 4.97. The summed E-state index contributed by atoms with van der Waals surface area (Å²) in [5.74, 6) is -1.16. The number of aromatic carboxylic acids is 1. The summed E-state index contributed by atoms with van der Waals surface area (Å²) >= 11 is 0. The molecule has 1 aliphatic rings. The Kier molecular flexibility index (Phi) is 4.20. The van der Waals surface area contributed by atoms with Crippen LogP contribution in [-0.2, 0) is 6.18 Å². The lowest BCUT2D eigenvalue weighted by atomic mass is 10.1. The van der Waals surface area contributed by atoms with E-state index in [9.17, 15) is 18.0 Å². The first-order valence-electron chi connectivity index (χ1n) is 6.45. The molecule has 1 N–H and O–H groups in total. The Morgan fingerprint density at radius 3 is 2.50 bits per heavy atom. The van der Waals surface area contributed by atoms with Crippen molar-refractivity contribution in [3.8, 4) is 5.75 Å². The Hall–Kier alpha value is -1.72. The number of carboxylic acids is 1. The lowest BCUT2D eigenvalue weighted by molar-refractivity contribution is -0.138. The van der Waals surface area contributed by atoms with E-state index >= 15 is 0 Å². The van der Waals surface area contributed by atoms with Crippen LogP contribution in [0.4, 0.5) is 13.2 Å². The average Bonchev–Trinajstić information content (AvgIpc) is 2.88. The largest absolute Gasteiger partial charge is 0.493 e. The van der Waals surface area contributed by atoms with Crippen molar-refractivity contribution in [1.82, 2.24) is 0 Å². The number of hydrogen-bond donors (Lipinski definition) is 1. The van der Waals surface area contributed by atoms with Gasteiger partial charge < -0.3 is 9.84 Å². The van der Waals surface area contributed by atoms with Gasteiger partial charge >= 0.3 is 12.1 Å². The molecule has 0 spiro atoms. The standard InChI is InChI=1S/C14H15F3O3/c15-14(16,17)12-7-10(5-6-11(12)13(18)19)20-8-9-3-1-2-4-9/h5-7,9H,1-4,8H2,(H,18,19). The number of alkyl halides is 3. The van der Waals surface area contributed by atoms with E-state index in [2.05, 4.69) is 0 Å². The molecule has 1 aromatic carbocycles. The Labute approximate surface area is 114 Å². The van der Waals surface area contributed by atoms with E-state index < -0.39 is 23.3 Å². The number of ether oxygens (including phenoxy) is 1. The van der Waals surface area contributed by atoms with E-state index in [0.717, 1.165) is 37.8 Å². The highest BCUT2D eigenvalue weighted by Gasteiger charge is 2.35. The van der Waals surface area contributed by atoms with Crippen molar-refractivity contribution in [3.63, 3.8) is 0 Å². The number of carboxylic acid groups (broad SMARTS) is 1. The van der Waals surface area contributed by atoms with Crippen molar-refractivity contribution < 1.29 is 27.8 Å². The molecule has 1 saturated carbocycles. The van der Waals surface area contributed by atoms with Crippen LogP contribution in [0, 0.1) is 5.92 Å². The van der Waals surface area contributed by atoms with Gasteiger partial charge in [-0.15, -0.1) is 0 Å². The third-order valence-electron chi connectivity index (χ3n) is 3.49. The molecule has 1 aromatic rings. The van der Waals surface area contributed by atoms with Gasteiger partial charge in [-0.1, -0.05) is 12.8 Å². The molecule has 0 saturated heterocycles. The van der Waals surface area contributed by atoms with Gasteiger partial charge in [0.05, 0.1) is 17.7 Å². The van der Waals surface area contributed by atoms with Crippen molar-refractivity contribution >= 4 is 5.97 Å². The summed E-state index contributed by atoms with van der Waals surface area (Å²) in [5.41, 5.74) is -1.93. The minimum Gasteiger partial charge on any atom is -0.493 e. The first-order chi connectivity index (χ1) is 9.38. The summed E-state index contributed by atoms with van der Waals surface area (Å²) < 4.78 is 43.8. The molecule has 2 rings (SSSR count). The van der Waals surface area contributed by atoms with Gasteiger partial charge in [0.1, 0.15) is 5.75 Å². The van der Waals surface area contributed by atoms with Crippen LogP contribution in [0.15, 0.2) is 18.2 Å². The van der Waals surface area contributed by atoms with Crippen molar-refractivity contribution in [2.24, 2.45) is 5.92 Å². The molecule has 0 heterocycles. The smallest absolute Gasteiger partial charge is 0.417 e. The monoisotopic (exact) mass is 288 g/mol. The van der Waals surface area contributed by atoms with Gasteiger partial charge in [-0.05, 0) is 37.0 Å². The normalized spacial score (nSPS) is 16.4. The molecule has 0 unspecified atom stereocenters. The van der Waals surface area contributed by atoms with Crippen LogP contribution in [0.2, 0.25) is 0 Å². The predicted octanol–water partition coefficient (Wildman–Crippen LogP) is 3.97. The molecule has 0 amide bonds. The van der Waals surface area contributed by atoms with Crippen molar-refractivity contribution in [2.45, 2.75) is 31.9 Å². The fourth-order valence-electron chi connectivity index (χ4n) is 2.43. The SMILES string of the molecule is O=C(O)c1ccc(OCC2CCCC2)cc1C(F)(F)F. The van der Waals surface area contributed by atoms with Crippen LogP contribution in [0.3, 0.4) is 0 Å². The molecule has 110 valence electrons. The number of benzene rings is 1. The van der Waals surface area contributed by atoms with Crippen molar-refractivity contribution in [1.29, 1.82) is 0 Å². The van der Waals surface area contributed by atoms with E-state index in [1.165, 1.54) is 6.07 Å². The van der Waals surface area contributed by atoms with E-state index in [1.54, 1.807) is 0 Å². The third-order valence-corrected chi connectivity index (χ3v) is 3.49. The minimum atomic E-state index is -4.71. The van der Waals surface area contributed by atoms with Gasteiger partial charge in [0, 0.05) is 0 Å². The Morgan fingerprint density at radius 2 is 1.95 bits per heavy atom. The van der Waals surface area contributed by atoms with E-state index in [1.807, 2.05) is 0 Å². The first-order valence-corrected chi connectivity index (χ1v) is 6.45. The summed E-state index contributed by atoms with van der Waals surface area (Å²) in [4.78, 5) is 10.8. The molecule has 1 fully saturated rings. The summed E-state index contributed by atoms with van der Waals surface area (Å²) in [6.07, 6.45) is -0.404. The van der Waals surface area contributed by atoms with Crippen LogP contribution in [0.25, 0.3) is 0 Å². The second-order valence-corrected chi connectivity index (χ2v) is 4.97. The quantitative estimate of drug-likeness (QED) is 0.911. The number of rotatable bonds is 4. The summed E-state index contributed by atoms with van der Waals surface area (Å²) in [6.45, 7) is 0.379. The van der Waals surface area contributed by atoms with Gasteiger partial charge in [0.2, 0.25) is 0 Å². The molecule has 0 atom stereocenters. The highest BCUT2D eigenvalue weighted by Crippen LogP contribution is 2.35. The van der Waals surface area contributed by atoms with Crippen LogP contribution >= 0.6 is 0 Å². The van der Waals surface area contributed by atoms with Crippen LogP contribution in [-0.4, -0.2) is 17.7 Å². The van der Waals surface area contributed by atoms with Gasteiger partial charge in [-0.3, -0.25) is 0 Å².